The predicted octanol–water partition coefficient (Wildman–Crippen LogP) is 3.58. The van der Waals surface area contributed by atoms with E-state index in [0.717, 1.165) is 11.3 Å². The van der Waals surface area contributed by atoms with E-state index >= 15 is 0 Å². The van der Waals surface area contributed by atoms with Gasteiger partial charge in [-0.2, -0.15) is 4.31 Å². The highest BCUT2D eigenvalue weighted by atomic mass is 35.5. The van der Waals surface area contributed by atoms with Crippen molar-refractivity contribution in [3.8, 4) is 5.75 Å². The van der Waals surface area contributed by atoms with Crippen molar-refractivity contribution in [1.29, 1.82) is 0 Å². The van der Waals surface area contributed by atoms with Crippen LogP contribution in [0.1, 0.15) is 36.7 Å². The molecule has 0 saturated heterocycles. The van der Waals surface area contributed by atoms with Crippen molar-refractivity contribution in [3.05, 3.63) is 58.6 Å². The minimum absolute atomic E-state index is 0.0358. The fraction of sp³-hybridized carbons (Fsp3) is 0.391. The zero-order valence-electron chi connectivity index (χ0n) is 19.2. The number of rotatable bonds is 11. The highest BCUT2D eigenvalue weighted by molar-refractivity contribution is 7.89. The number of ether oxygens (including phenoxy) is 2. The lowest BCUT2D eigenvalue weighted by atomic mass is 10.2. The summed E-state index contributed by atoms with van der Waals surface area (Å²) in [6.45, 7) is 6.30. The van der Waals surface area contributed by atoms with Crippen molar-refractivity contribution in [2.45, 2.75) is 32.2 Å². The molecule has 0 aliphatic heterocycles. The number of hydrogen-bond acceptors (Lipinski definition) is 6. The quantitative estimate of drug-likeness (QED) is 0.441. The van der Waals surface area contributed by atoms with E-state index in [4.69, 9.17) is 21.1 Å². The molecular weight excluding hydrogens is 468 g/mol. The third-order valence-corrected chi connectivity index (χ3v) is 7.28. The molecular formula is C23H29ClN2O6S. The summed E-state index contributed by atoms with van der Waals surface area (Å²) in [6.07, 6.45) is 0. The highest BCUT2D eigenvalue weighted by Gasteiger charge is 2.24. The Bertz CT molecular complexity index is 1070. The third kappa shape index (κ3) is 6.93. The normalized spacial score (nSPS) is 11.3. The zero-order chi connectivity index (χ0) is 24.6. The van der Waals surface area contributed by atoms with Crippen LogP contribution in [0, 0.1) is 0 Å². The van der Waals surface area contributed by atoms with Gasteiger partial charge in [0.2, 0.25) is 10.0 Å². The molecule has 180 valence electrons. The maximum Gasteiger partial charge on any atom is 0.340 e. The Hall–Kier alpha value is -2.62. The second-order valence-electron chi connectivity index (χ2n) is 7.13. The van der Waals surface area contributed by atoms with Crippen LogP contribution in [0.2, 0.25) is 5.02 Å². The molecule has 0 spiro atoms. The van der Waals surface area contributed by atoms with E-state index in [2.05, 4.69) is 0 Å². The van der Waals surface area contributed by atoms with E-state index < -0.39 is 28.5 Å². The summed E-state index contributed by atoms with van der Waals surface area (Å²) < 4.78 is 37.2. The first-order valence-electron chi connectivity index (χ1n) is 10.6. The molecule has 0 atom stereocenters. The first-order chi connectivity index (χ1) is 15.6. The lowest BCUT2D eigenvalue weighted by Crippen LogP contribution is -2.31. The van der Waals surface area contributed by atoms with Gasteiger partial charge >= 0.3 is 5.97 Å². The van der Waals surface area contributed by atoms with Gasteiger partial charge in [0.05, 0.1) is 22.1 Å². The summed E-state index contributed by atoms with van der Waals surface area (Å²) >= 11 is 6.09. The smallest absolute Gasteiger partial charge is 0.340 e. The number of esters is 1. The van der Waals surface area contributed by atoms with Gasteiger partial charge in [-0.25, -0.2) is 13.2 Å². The van der Waals surface area contributed by atoms with Crippen molar-refractivity contribution in [3.63, 3.8) is 0 Å². The molecule has 0 fully saturated rings. The second-order valence-corrected chi connectivity index (χ2v) is 9.48. The molecule has 1 amide bonds. The number of carbonyl (C=O) groups is 2. The van der Waals surface area contributed by atoms with E-state index in [-0.39, 0.29) is 28.6 Å². The molecule has 0 saturated carbocycles. The lowest BCUT2D eigenvalue weighted by molar-refractivity contribution is -0.133. The average molecular weight is 497 g/mol. The van der Waals surface area contributed by atoms with Gasteiger partial charge < -0.3 is 14.4 Å². The molecule has 2 aromatic rings. The van der Waals surface area contributed by atoms with Gasteiger partial charge in [0.1, 0.15) is 5.75 Å². The first kappa shape index (κ1) is 26.6. The number of halogens is 1. The van der Waals surface area contributed by atoms with Crippen LogP contribution < -0.4 is 4.74 Å². The Kier molecular flexibility index (Phi) is 9.70. The summed E-state index contributed by atoms with van der Waals surface area (Å²) in [5.41, 5.74) is 0.768. The van der Waals surface area contributed by atoms with E-state index in [0.29, 0.717) is 13.2 Å². The summed E-state index contributed by atoms with van der Waals surface area (Å²) in [5, 5.41) is 0.0358. The van der Waals surface area contributed by atoms with Crippen LogP contribution in [-0.2, 0) is 26.1 Å². The molecule has 0 unspecified atom stereocenters. The Morgan fingerprint density at radius 2 is 1.64 bits per heavy atom. The summed E-state index contributed by atoms with van der Waals surface area (Å²) in [6, 6.07) is 11.2. The third-order valence-electron chi connectivity index (χ3n) is 4.91. The number of sulfonamides is 1. The SMILES string of the molecule is CCOc1ccc(CN(C)C(=O)COC(=O)c2cc(S(=O)(=O)N(CC)CC)ccc2Cl)cc1. The van der Waals surface area contributed by atoms with Gasteiger partial charge in [-0.15, -0.1) is 0 Å². The highest BCUT2D eigenvalue weighted by Crippen LogP contribution is 2.24. The minimum Gasteiger partial charge on any atom is -0.494 e. The number of carbonyl (C=O) groups excluding carboxylic acids is 2. The predicted molar refractivity (Wildman–Crippen MR) is 126 cm³/mol. The van der Waals surface area contributed by atoms with Gasteiger partial charge in [0.25, 0.3) is 5.91 Å². The van der Waals surface area contributed by atoms with E-state index in [1.54, 1.807) is 20.9 Å². The lowest BCUT2D eigenvalue weighted by Gasteiger charge is -2.19. The average Bonchev–Trinajstić information content (AvgIpc) is 2.79. The molecule has 10 heteroatoms. The molecule has 2 rings (SSSR count). The largest absolute Gasteiger partial charge is 0.494 e. The number of nitrogens with zero attached hydrogens (tertiary/aromatic N) is 2. The van der Waals surface area contributed by atoms with Crippen molar-refractivity contribution in [2.24, 2.45) is 0 Å². The molecule has 0 bridgehead atoms. The second kappa shape index (κ2) is 12.0. The molecule has 0 aromatic heterocycles. The van der Waals surface area contributed by atoms with Crippen LogP contribution in [0.25, 0.3) is 0 Å². The van der Waals surface area contributed by atoms with Gasteiger partial charge in [-0.3, -0.25) is 4.79 Å². The molecule has 8 nitrogen and oxygen atoms in total. The van der Waals surface area contributed by atoms with E-state index in [9.17, 15) is 18.0 Å². The van der Waals surface area contributed by atoms with Crippen LogP contribution in [0.15, 0.2) is 47.4 Å². The number of likely N-dealkylation sites (N-methyl/N-ethyl adjacent to an activating group) is 1. The minimum atomic E-state index is -3.78. The monoisotopic (exact) mass is 496 g/mol. The standard InChI is InChI=1S/C23H29ClN2O6S/c1-5-26(6-2)33(29,30)19-12-13-21(24)20(14-19)23(28)32-16-22(27)25(4)15-17-8-10-18(11-9-17)31-7-3/h8-14H,5-7,15-16H2,1-4H3. The zero-order valence-corrected chi connectivity index (χ0v) is 20.8. The Morgan fingerprint density at radius 3 is 2.21 bits per heavy atom. The molecule has 0 N–H and O–H groups in total. The summed E-state index contributed by atoms with van der Waals surface area (Å²) in [7, 11) is -2.18. The van der Waals surface area contributed by atoms with Gasteiger partial charge in [0.15, 0.2) is 6.61 Å². The van der Waals surface area contributed by atoms with Gasteiger partial charge in [-0.1, -0.05) is 37.6 Å². The summed E-state index contributed by atoms with van der Waals surface area (Å²) in [5.74, 6) is -0.550. The Labute approximate surface area is 200 Å². The van der Waals surface area contributed by atoms with E-state index in [1.807, 2.05) is 31.2 Å². The maximum absolute atomic E-state index is 12.7. The Morgan fingerprint density at radius 1 is 1.00 bits per heavy atom. The Balaban J connectivity index is 2.04. The number of amides is 1. The van der Waals surface area contributed by atoms with Crippen molar-refractivity contribution in [1.82, 2.24) is 9.21 Å². The molecule has 0 aliphatic carbocycles. The van der Waals surface area contributed by atoms with Crippen molar-refractivity contribution >= 4 is 33.5 Å². The van der Waals surface area contributed by atoms with Crippen LogP contribution in [0.4, 0.5) is 0 Å². The van der Waals surface area contributed by atoms with Crippen LogP contribution in [0.3, 0.4) is 0 Å². The molecule has 33 heavy (non-hydrogen) atoms. The molecule has 0 radical (unpaired) electrons. The van der Waals surface area contributed by atoms with Crippen LogP contribution in [-0.4, -0.2) is 62.9 Å². The first-order valence-corrected chi connectivity index (χ1v) is 12.4. The van der Waals surface area contributed by atoms with Crippen LogP contribution in [0.5, 0.6) is 5.75 Å². The van der Waals surface area contributed by atoms with Crippen molar-refractivity contribution < 1.29 is 27.5 Å². The van der Waals surface area contributed by atoms with E-state index in [1.165, 1.54) is 27.4 Å². The molecule has 0 heterocycles. The van der Waals surface area contributed by atoms with Crippen molar-refractivity contribution in [2.75, 3.05) is 33.4 Å². The number of benzene rings is 2. The fourth-order valence-corrected chi connectivity index (χ4v) is 4.75. The topological polar surface area (TPSA) is 93.2 Å². The molecule has 2 aromatic carbocycles. The van der Waals surface area contributed by atoms with Gasteiger partial charge in [-0.05, 0) is 42.8 Å². The fourth-order valence-electron chi connectivity index (χ4n) is 3.07. The maximum atomic E-state index is 12.7. The van der Waals surface area contributed by atoms with Gasteiger partial charge in [0, 0.05) is 26.7 Å². The summed E-state index contributed by atoms with van der Waals surface area (Å²) in [4.78, 5) is 26.3. The number of hydrogen-bond donors (Lipinski definition) is 0. The molecule has 0 aliphatic rings. The van der Waals surface area contributed by atoms with Crippen LogP contribution >= 0.6 is 11.6 Å².